The molecule has 0 fully saturated rings. The fraction of sp³-hybridized carbons (Fsp3) is 0.0909. The van der Waals surface area contributed by atoms with Gasteiger partial charge >= 0.3 is 7.12 Å². The van der Waals surface area contributed by atoms with Gasteiger partial charge in [0.2, 0.25) is 0 Å². The summed E-state index contributed by atoms with van der Waals surface area (Å²) in [5.41, 5.74) is 1.70. The molecule has 70 valence electrons. The summed E-state index contributed by atoms with van der Waals surface area (Å²) < 4.78 is 0. The van der Waals surface area contributed by atoms with Gasteiger partial charge in [-0.05, 0) is 28.7 Å². The Morgan fingerprint density at radius 2 is 1.57 bits per heavy atom. The Balaban J connectivity index is 2.81. The van der Waals surface area contributed by atoms with Gasteiger partial charge in [0.05, 0.1) is 0 Å². The summed E-state index contributed by atoms with van der Waals surface area (Å²) in [7, 11) is -1.40. The summed E-state index contributed by atoms with van der Waals surface area (Å²) in [6.07, 6.45) is 0. The molecule has 0 saturated heterocycles. The standard InChI is InChI=1S/C11H11BO2/c1-8-4-2-6-10-9(8)5-3-7-11(10)12(13)14/h2-7,13-14H,1H3. The van der Waals surface area contributed by atoms with Crippen LogP contribution in [0.4, 0.5) is 0 Å². The lowest BCUT2D eigenvalue weighted by Crippen LogP contribution is -2.30. The van der Waals surface area contributed by atoms with Crippen molar-refractivity contribution in [3.8, 4) is 0 Å². The molecule has 0 aliphatic carbocycles. The van der Waals surface area contributed by atoms with E-state index in [1.807, 2.05) is 37.3 Å². The van der Waals surface area contributed by atoms with Crippen LogP contribution in [0.1, 0.15) is 5.56 Å². The van der Waals surface area contributed by atoms with Gasteiger partial charge in [-0.25, -0.2) is 0 Å². The van der Waals surface area contributed by atoms with Gasteiger partial charge in [0, 0.05) is 0 Å². The molecule has 0 atom stereocenters. The largest absolute Gasteiger partial charge is 0.489 e. The zero-order chi connectivity index (χ0) is 10.1. The lowest BCUT2D eigenvalue weighted by atomic mass is 9.77. The monoisotopic (exact) mass is 186 g/mol. The van der Waals surface area contributed by atoms with Gasteiger partial charge in [-0.1, -0.05) is 36.4 Å². The Hall–Kier alpha value is -1.32. The minimum absolute atomic E-state index is 0.561. The molecule has 2 nitrogen and oxygen atoms in total. The number of hydrogen-bond donors (Lipinski definition) is 2. The predicted octanol–water partition coefficient (Wildman–Crippen LogP) is 0.828. The first-order valence-corrected chi connectivity index (χ1v) is 4.54. The second-order valence-electron chi connectivity index (χ2n) is 3.39. The van der Waals surface area contributed by atoms with Crippen molar-refractivity contribution in [1.82, 2.24) is 0 Å². The third-order valence-corrected chi connectivity index (χ3v) is 2.45. The predicted molar refractivity (Wildman–Crippen MR) is 58.5 cm³/mol. The highest BCUT2D eigenvalue weighted by atomic mass is 16.4. The zero-order valence-electron chi connectivity index (χ0n) is 7.94. The molecule has 14 heavy (non-hydrogen) atoms. The van der Waals surface area contributed by atoms with E-state index in [9.17, 15) is 0 Å². The zero-order valence-corrected chi connectivity index (χ0v) is 7.94. The molecule has 0 aliphatic rings. The lowest BCUT2D eigenvalue weighted by molar-refractivity contribution is 0.426. The minimum atomic E-state index is -1.40. The van der Waals surface area contributed by atoms with Gasteiger partial charge in [-0.2, -0.15) is 0 Å². The van der Waals surface area contributed by atoms with E-state index in [2.05, 4.69) is 0 Å². The average molecular weight is 186 g/mol. The van der Waals surface area contributed by atoms with Crippen LogP contribution in [0, 0.1) is 6.92 Å². The van der Waals surface area contributed by atoms with Crippen molar-refractivity contribution in [2.24, 2.45) is 0 Å². The van der Waals surface area contributed by atoms with Crippen LogP contribution in [0.25, 0.3) is 10.8 Å². The van der Waals surface area contributed by atoms with Crippen LogP contribution in [-0.4, -0.2) is 17.2 Å². The fourth-order valence-corrected chi connectivity index (χ4v) is 1.72. The van der Waals surface area contributed by atoms with Crippen LogP contribution in [0.15, 0.2) is 36.4 Å². The molecule has 2 N–H and O–H groups in total. The molecule has 0 saturated carbocycles. The Morgan fingerprint density at radius 1 is 0.929 bits per heavy atom. The Morgan fingerprint density at radius 3 is 2.29 bits per heavy atom. The minimum Gasteiger partial charge on any atom is -0.423 e. The first-order valence-electron chi connectivity index (χ1n) is 4.54. The van der Waals surface area contributed by atoms with E-state index >= 15 is 0 Å². The van der Waals surface area contributed by atoms with Crippen molar-refractivity contribution in [2.45, 2.75) is 6.92 Å². The van der Waals surface area contributed by atoms with Crippen molar-refractivity contribution < 1.29 is 10.0 Å². The number of hydrogen-bond acceptors (Lipinski definition) is 2. The smallest absolute Gasteiger partial charge is 0.423 e. The van der Waals surface area contributed by atoms with Crippen LogP contribution in [-0.2, 0) is 0 Å². The summed E-state index contributed by atoms with van der Waals surface area (Å²) >= 11 is 0. The molecule has 2 rings (SSSR count). The number of fused-ring (bicyclic) bond motifs is 1. The molecule has 2 aromatic rings. The molecule has 3 heteroatoms. The maximum Gasteiger partial charge on any atom is 0.489 e. The van der Waals surface area contributed by atoms with Crippen molar-refractivity contribution in [2.75, 3.05) is 0 Å². The fourth-order valence-electron chi connectivity index (χ4n) is 1.72. The summed E-state index contributed by atoms with van der Waals surface area (Å²) in [5, 5.41) is 20.3. The summed E-state index contributed by atoms with van der Waals surface area (Å²) in [6.45, 7) is 2.01. The maximum absolute atomic E-state index is 9.17. The molecular formula is C11H11BO2. The molecule has 0 bridgehead atoms. The molecule has 0 aromatic heterocycles. The molecule has 0 heterocycles. The van der Waals surface area contributed by atoms with Gasteiger partial charge in [0.1, 0.15) is 0 Å². The van der Waals surface area contributed by atoms with E-state index < -0.39 is 7.12 Å². The van der Waals surface area contributed by atoms with Crippen molar-refractivity contribution in [1.29, 1.82) is 0 Å². The van der Waals surface area contributed by atoms with Gasteiger partial charge in [-0.3, -0.25) is 0 Å². The first-order chi connectivity index (χ1) is 6.70. The number of benzene rings is 2. The summed E-state index contributed by atoms with van der Waals surface area (Å²) in [4.78, 5) is 0. The molecule has 0 aliphatic heterocycles. The quantitative estimate of drug-likeness (QED) is 0.647. The van der Waals surface area contributed by atoms with Crippen molar-refractivity contribution in [3.63, 3.8) is 0 Å². The third-order valence-electron chi connectivity index (χ3n) is 2.45. The van der Waals surface area contributed by atoms with Crippen LogP contribution in [0.3, 0.4) is 0 Å². The van der Waals surface area contributed by atoms with Crippen molar-refractivity contribution in [3.05, 3.63) is 42.0 Å². The van der Waals surface area contributed by atoms with Crippen LogP contribution in [0.5, 0.6) is 0 Å². The number of aryl methyl sites for hydroxylation is 1. The normalized spacial score (nSPS) is 10.5. The maximum atomic E-state index is 9.17. The molecule has 0 radical (unpaired) electrons. The second kappa shape index (κ2) is 3.44. The van der Waals surface area contributed by atoms with Gasteiger partial charge in [0.15, 0.2) is 0 Å². The highest BCUT2D eigenvalue weighted by Gasteiger charge is 2.13. The topological polar surface area (TPSA) is 40.5 Å². The lowest BCUT2D eigenvalue weighted by Gasteiger charge is -2.06. The Bertz CT molecular complexity index is 466. The van der Waals surface area contributed by atoms with E-state index in [0.29, 0.717) is 5.46 Å². The highest BCUT2D eigenvalue weighted by Crippen LogP contribution is 2.15. The van der Waals surface area contributed by atoms with E-state index in [-0.39, 0.29) is 0 Å². The first kappa shape index (κ1) is 9.25. The van der Waals surface area contributed by atoms with E-state index in [0.717, 1.165) is 16.3 Å². The number of rotatable bonds is 1. The molecule has 0 amide bonds. The molecule has 0 unspecified atom stereocenters. The van der Waals surface area contributed by atoms with Gasteiger partial charge in [0.25, 0.3) is 0 Å². The highest BCUT2D eigenvalue weighted by molar-refractivity contribution is 6.62. The molecule has 0 spiro atoms. The van der Waals surface area contributed by atoms with Crippen LogP contribution < -0.4 is 5.46 Å². The Labute approximate surface area is 83.0 Å². The second-order valence-corrected chi connectivity index (χ2v) is 3.39. The Kier molecular flexibility index (Phi) is 2.27. The van der Waals surface area contributed by atoms with E-state index in [1.165, 1.54) is 0 Å². The van der Waals surface area contributed by atoms with E-state index in [1.54, 1.807) is 6.07 Å². The van der Waals surface area contributed by atoms with Gasteiger partial charge in [-0.15, -0.1) is 0 Å². The summed E-state index contributed by atoms with van der Waals surface area (Å²) in [5.74, 6) is 0. The third kappa shape index (κ3) is 1.41. The SMILES string of the molecule is Cc1cccc2c(B(O)O)cccc12. The summed E-state index contributed by atoms with van der Waals surface area (Å²) in [6, 6.07) is 11.4. The van der Waals surface area contributed by atoms with Gasteiger partial charge < -0.3 is 10.0 Å². The average Bonchev–Trinajstić information content (AvgIpc) is 2.17. The van der Waals surface area contributed by atoms with E-state index in [4.69, 9.17) is 10.0 Å². The van der Waals surface area contributed by atoms with Crippen molar-refractivity contribution >= 4 is 23.4 Å². The molecule has 2 aromatic carbocycles. The van der Waals surface area contributed by atoms with Crippen LogP contribution in [0.2, 0.25) is 0 Å². The molecular weight excluding hydrogens is 175 g/mol. The van der Waals surface area contributed by atoms with Crippen LogP contribution >= 0.6 is 0 Å².